The van der Waals surface area contributed by atoms with Crippen molar-refractivity contribution in [1.29, 1.82) is 0 Å². The van der Waals surface area contributed by atoms with Crippen molar-refractivity contribution in [2.24, 2.45) is 0 Å². The maximum atomic E-state index is 13.6. The Hall–Kier alpha value is -2.40. The highest BCUT2D eigenvalue weighted by atomic mass is 35.5. The lowest BCUT2D eigenvalue weighted by molar-refractivity contribution is -0.0258. The molecule has 0 aromatic heterocycles. The van der Waals surface area contributed by atoms with Crippen molar-refractivity contribution in [3.05, 3.63) is 64.2 Å². The van der Waals surface area contributed by atoms with Gasteiger partial charge in [-0.2, -0.15) is 0 Å². The molecule has 2 aromatic carbocycles. The van der Waals surface area contributed by atoms with E-state index in [4.69, 9.17) is 16.3 Å². The van der Waals surface area contributed by atoms with Crippen molar-refractivity contribution in [3.63, 3.8) is 0 Å². The van der Waals surface area contributed by atoms with Crippen LogP contribution in [0.4, 0.5) is 8.78 Å². The number of Topliss-reactive ketones (excluding diaryl/α,β-unsaturated/α-hetero) is 1. The molecular weight excluding hydrogens is 420 g/mol. The van der Waals surface area contributed by atoms with Crippen molar-refractivity contribution in [2.45, 2.75) is 4.90 Å². The van der Waals surface area contributed by atoms with Gasteiger partial charge in [0, 0.05) is 7.05 Å². The van der Waals surface area contributed by atoms with Crippen LogP contribution in [0.25, 0.3) is 0 Å². The zero-order valence-electron chi connectivity index (χ0n) is 14.6. The molecule has 28 heavy (non-hydrogen) atoms. The average molecular weight is 434 g/mol. The van der Waals surface area contributed by atoms with Gasteiger partial charge in [-0.1, -0.05) is 16.1 Å². The van der Waals surface area contributed by atoms with Gasteiger partial charge in [0.1, 0.15) is 16.5 Å². The van der Waals surface area contributed by atoms with E-state index in [0.717, 1.165) is 38.4 Å². The summed E-state index contributed by atoms with van der Waals surface area (Å²) in [4.78, 5) is 28.3. The summed E-state index contributed by atoms with van der Waals surface area (Å²) in [5.41, 5.74) is -0.797. The SMILES string of the molecule is CON(C)S(=O)(=O)c1cc(C(=O)OCC(=O)c2cc(F)ccc2F)ccc1Cl. The third kappa shape index (κ3) is 4.71. The minimum Gasteiger partial charge on any atom is -0.454 e. The van der Waals surface area contributed by atoms with Crippen molar-refractivity contribution in [2.75, 3.05) is 20.8 Å². The average Bonchev–Trinajstić information content (AvgIpc) is 2.67. The lowest BCUT2D eigenvalue weighted by Crippen LogP contribution is -2.26. The molecule has 2 aromatic rings. The van der Waals surface area contributed by atoms with E-state index in [2.05, 4.69) is 4.84 Å². The number of hydrogen-bond donors (Lipinski definition) is 0. The third-order valence-corrected chi connectivity index (χ3v) is 5.76. The number of sulfonamides is 1. The molecule has 2 rings (SSSR count). The lowest BCUT2D eigenvalue weighted by Gasteiger charge is -2.15. The Morgan fingerprint density at radius 1 is 1.14 bits per heavy atom. The summed E-state index contributed by atoms with van der Waals surface area (Å²) in [6.45, 7) is -0.873. The molecule has 0 radical (unpaired) electrons. The molecular formula is C17H14ClF2NO6S. The fourth-order valence-corrected chi connectivity index (χ4v) is 3.54. The largest absolute Gasteiger partial charge is 0.454 e. The molecule has 0 saturated heterocycles. The summed E-state index contributed by atoms with van der Waals surface area (Å²) >= 11 is 5.88. The number of esters is 1. The van der Waals surface area contributed by atoms with Gasteiger partial charge in [-0.05, 0) is 36.4 Å². The van der Waals surface area contributed by atoms with Gasteiger partial charge >= 0.3 is 5.97 Å². The smallest absolute Gasteiger partial charge is 0.338 e. The van der Waals surface area contributed by atoms with Crippen molar-refractivity contribution < 1.29 is 36.4 Å². The number of ketones is 1. The maximum absolute atomic E-state index is 13.6. The van der Waals surface area contributed by atoms with Gasteiger partial charge in [0.25, 0.3) is 10.0 Å². The van der Waals surface area contributed by atoms with Crippen LogP contribution < -0.4 is 0 Å². The highest BCUT2D eigenvalue weighted by Gasteiger charge is 2.26. The van der Waals surface area contributed by atoms with Crippen LogP contribution in [0.3, 0.4) is 0 Å². The molecule has 0 N–H and O–H groups in total. The Morgan fingerprint density at radius 3 is 2.46 bits per heavy atom. The van der Waals surface area contributed by atoms with Crippen LogP contribution in [-0.2, 0) is 19.6 Å². The minimum atomic E-state index is -4.15. The summed E-state index contributed by atoms with van der Waals surface area (Å²) in [5.74, 6) is -3.82. The van der Waals surface area contributed by atoms with Crippen LogP contribution in [0.15, 0.2) is 41.3 Å². The number of hydrogen-bond acceptors (Lipinski definition) is 6. The number of carbonyl (C=O) groups is 2. The van der Waals surface area contributed by atoms with E-state index in [1.807, 2.05) is 0 Å². The molecule has 7 nitrogen and oxygen atoms in total. The number of carbonyl (C=O) groups excluding carboxylic acids is 2. The first-order valence-electron chi connectivity index (χ1n) is 7.56. The number of rotatable bonds is 7. The Labute approximate surface area is 164 Å². The normalized spacial score (nSPS) is 11.5. The molecule has 0 heterocycles. The fourth-order valence-electron chi connectivity index (χ4n) is 2.07. The second kappa shape index (κ2) is 8.74. The molecule has 0 atom stereocenters. The zero-order chi connectivity index (χ0) is 21.1. The number of ether oxygens (including phenoxy) is 1. The second-order valence-electron chi connectivity index (χ2n) is 5.37. The van der Waals surface area contributed by atoms with Crippen LogP contribution >= 0.6 is 11.6 Å². The van der Waals surface area contributed by atoms with Crippen molar-refractivity contribution in [1.82, 2.24) is 4.47 Å². The standard InChI is InChI=1S/C17H14ClF2NO6S/c1-21(26-2)28(24,25)16-7-10(3-5-13(16)18)17(23)27-9-15(22)12-8-11(19)4-6-14(12)20/h3-8H,9H2,1-2H3. The first-order valence-corrected chi connectivity index (χ1v) is 9.37. The van der Waals surface area contributed by atoms with Crippen LogP contribution in [0, 0.1) is 11.6 Å². The Bertz CT molecular complexity index is 1030. The third-order valence-electron chi connectivity index (χ3n) is 3.60. The number of hydroxylamine groups is 1. The molecule has 11 heteroatoms. The summed E-state index contributed by atoms with van der Waals surface area (Å²) in [7, 11) is -1.89. The first kappa shape index (κ1) is 21.9. The van der Waals surface area contributed by atoms with Crippen LogP contribution in [0.2, 0.25) is 5.02 Å². The Morgan fingerprint density at radius 2 is 1.82 bits per heavy atom. The van der Waals surface area contributed by atoms with Gasteiger partial charge in [-0.25, -0.2) is 22.0 Å². The van der Waals surface area contributed by atoms with E-state index in [0.29, 0.717) is 10.5 Å². The molecule has 0 unspecified atom stereocenters. The molecule has 0 aliphatic carbocycles. The van der Waals surface area contributed by atoms with E-state index in [1.165, 1.54) is 6.07 Å². The molecule has 0 aliphatic heterocycles. The molecule has 0 amide bonds. The zero-order valence-corrected chi connectivity index (χ0v) is 16.2. The predicted octanol–water partition coefficient (Wildman–Crippen LogP) is 2.84. The topological polar surface area (TPSA) is 90.0 Å². The van der Waals surface area contributed by atoms with Gasteiger partial charge in [0.15, 0.2) is 6.61 Å². The monoisotopic (exact) mass is 433 g/mol. The first-order chi connectivity index (χ1) is 13.1. The number of halogens is 3. The van der Waals surface area contributed by atoms with E-state index in [9.17, 15) is 26.8 Å². The number of benzene rings is 2. The fraction of sp³-hybridized carbons (Fsp3) is 0.176. The van der Waals surface area contributed by atoms with Crippen molar-refractivity contribution >= 4 is 33.4 Å². The van der Waals surface area contributed by atoms with Crippen molar-refractivity contribution in [3.8, 4) is 0 Å². The molecule has 0 bridgehead atoms. The van der Waals surface area contributed by atoms with E-state index >= 15 is 0 Å². The highest BCUT2D eigenvalue weighted by Crippen LogP contribution is 2.25. The van der Waals surface area contributed by atoms with Gasteiger partial charge in [0.05, 0.1) is 23.3 Å². The van der Waals surface area contributed by atoms with Crippen LogP contribution in [0.1, 0.15) is 20.7 Å². The highest BCUT2D eigenvalue weighted by molar-refractivity contribution is 7.89. The Kier molecular flexibility index (Phi) is 6.83. The predicted molar refractivity (Wildman–Crippen MR) is 94.4 cm³/mol. The maximum Gasteiger partial charge on any atom is 0.338 e. The molecule has 0 fully saturated rings. The quantitative estimate of drug-likeness (QED) is 0.379. The summed E-state index contributed by atoms with van der Waals surface area (Å²) in [6, 6.07) is 5.58. The van der Waals surface area contributed by atoms with E-state index in [1.54, 1.807) is 0 Å². The van der Waals surface area contributed by atoms with Gasteiger partial charge in [-0.15, -0.1) is 0 Å². The van der Waals surface area contributed by atoms with Gasteiger partial charge in [-0.3, -0.25) is 9.63 Å². The molecule has 0 saturated carbocycles. The van der Waals surface area contributed by atoms with Gasteiger partial charge in [0.2, 0.25) is 5.78 Å². The van der Waals surface area contributed by atoms with E-state index in [-0.39, 0.29) is 10.6 Å². The van der Waals surface area contributed by atoms with Gasteiger partial charge < -0.3 is 4.74 Å². The molecule has 0 spiro atoms. The van der Waals surface area contributed by atoms with Crippen LogP contribution in [-0.4, -0.2) is 45.4 Å². The Balaban J connectivity index is 2.20. The molecule has 0 aliphatic rings. The summed E-state index contributed by atoms with van der Waals surface area (Å²) in [5, 5.41) is -0.168. The number of nitrogens with zero attached hydrogens (tertiary/aromatic N) is 1. The lowest BCUT2D eigenvalue weighted by atomic mass is 10.1. The summed E-state index contributed by atoms with van der Waals surface area (Å²) < 4.78 is 56.7. The second-order valence-corrected chi connectivity index (χ2v) is 7.68. The van der Waals surface area contributed by atoms with E-state index < -0.39 is 50.5 Å². The minimum absolute atomic E-state index is 0.168. The summed E-state index contributed by atoms with van der Waals surface area (Å²) in [6.07, 6.45) is 0. The van der Waals surface area contributed by atoms with Crippen LogP contribution in [0.5, 0.6) is 0 Å². The molecule has 150 valence electrons.